The number of aromatic hydroxyl groups is 1. The van der Waals surface area contributed by atoms with Gasteiger partial charge in [0.15, 0.2) is 0 Å². The first kappa shape index (κ1) is 24.2. The molecule has 0 bridgehead atoms. The van der Waals surface area contributed by atoms with E-state index in [0.717, 1.165) is 24.8 Å². The van der Waals surface area contributed by atoms with Crippen molar-refractivity contribution in [3.63, 3.8) is 0 Å². The number of ether oxygens (including phenoxy) is 1. The van der Waals surface area contributed by atoms with Crippen molar-refractivity contribution in [2.24, 2.45) is 0 Å². The maximum Gasteiger partial charge on any atom is 0.340 e. The number of rotatable bonds is 10. The van der Waals surface area contributed by atoms with Gasteiger partial charge < -0.3 is 14.9 Å². The summed E-state index contributed by atoms with van der Waals surface area (Å²) < 4.78 is 19.6. The van der Waals surface area contributed by atoms with Crippen LogP contribution in [-0.4, -0.2) is 22.3 Å². The quantitative estimate of drug-likeness (QED) is 0.412. The SMILES string of the molecule is C=C(c1ccc(F)cc1)c1cc(OC(CC)CCC)c(CC=C(C)C)c(O)c1C(=O)O. The zero-order chi connectivity index (χ0) is 23.1. The van der Waals surface area contributed by atoms with Crippen molar-refractivity contribution in [1.29, 1.82) is 0 Å². The van der Waals surface area contributed by atoms with Crippen molar-refractivity contribution in [3.8, 4) is 11.5 Å². The number of carbonyl (C=O) groups is 1. The smallest absolute Gasteiger partial charge is 0.340 e. The van der Waals surface area contributed by atoms with Gasteiger partial charge in [0.25, 0.3) is 0 Å². The molecule has 0 saturated carbocycles. The lowest BCUT2D eigenvalue weighted by Gasteiger charge is -2.23. The van der Waals surface area contributed by atoms with Crippen molar-refractivity contribution < 1.29 is 24.1 Å². The second-order valence-corrected chi connectivity index (χ2v) is 7.84. The number of phenols is 1. The van der Waals surface area contributed by atoms with Gasteiger partial charge in [0.2, 0.25) is 0 Å². The normalized spacial score (nSPS) is 11.6. The fourth-order valence-electron chi connectivity index (χ4n) is 3.40. The first-order valence-electron chi connectivity index (χ1n) is 10.6. The lowest BCUT2D eigenvalue weighted by molar-refractivity contribution is 0.0693. The molecule has 2 aromatic carbocycles. The van der Waals surface area contributed by atoms with Crippen LogP contribution in [0.4, 0.5) is 4.39 Å². The molecule has 5 heteroatoms. The van der Waals surface area contributed by atoms with E-state index in [-0.39, 0.29) is 23.0 Å². The van der Waals surface area contributed by atoms with Crippen molar-refractivity contribution in [3.05, 3.63) is 76.6 Å². The predicted octanol–water partition coefficient (Wildman–Crippen LogP) is 6.76. The Kier molecular flexibility index (Phi) is 8.43. The number of hydrogen-bond acceptors (Lipinski definition) is 3. The van der Waals surface area contributed by atoms with Crippen LogP contribution in [0.15, 0.2) is 48.6 Å². The summed E-state index contributed by atoms with van der Waals surface area (Å²) in [4.78, 5) is 12.1. The van der Waals surface area contributed by atoms with Gasteiger partial charge in [-0.3, -0.25) is 0 Å². The summed E-state index contributed by atoms with van der Waals surface area (Å²) in [5.41, 5.74) is 2.43. The predicted molar refractivity (Wildman–Crippen MR) is 122 cm³/mol. The second kappa shape index (κ2) is 10.8. The summed E-state index contributed by atoms with van der Waals surface area (Å²) in [6.07, 6.45) is 4.77. The molecule has 2 rings (SSSR count). The Morgan fingerprint density at radius 3 is 2.39 bits per heavy atom. The highest BCUT2D eigenvalue weighted by molar-refractivity contribution is 6.00. The Morgan fingerprint density at radius 1 is 1.23 bits per heavy atom. The zero-order valence-electron chi connectivity index (χ0n) is 18.7. The minimum Gasteiger partial charge on any atom is -0.507 e. The third-order valence-electron chi connectivity index (χ3n) is 5.17. The van der Waals surface area contributed by atoms with E-state index in [1.807, 2.05) is 26.8 Å². The van der Waals surface area contributed by atoms with Crippen LogP contribution in [0.3, 0.4) is 0 Å². The third-order valence-corrected chi connectivity index (χ3v) is 5.17. The molecule has 0 aliphatic carbocycles. The summed E-state index contributed by atoms with van der Waals surface area (Å²) in [5, 5.41) is 20.9. The average molecular weight is 427 g/mol. The van der Waals surface area contributed by atoms with E-state index in [4.69, 9.17) is 4.74 Å². The van der Waals surface area contributed by atoms with E-state index in [0.29, 0.717) is 28.9 Å². The fourth-order valence-corrected chi connectivity index (χ4v) is 3.40. The number of carboxylic acid groups (broad SMARTS) is 1. The van der Waals surface area contributed by atoms with Gasteiger partial charge in [-0.25, -0.2) is 9.18 Å². The number of benzene rings is 2. The minimum atomic E-state index is -1.26. The van der Waals surface area contributed by atoms with Crippen molar-refractivity contribution in [2.75, 3.05) is 0 Å². The van der Waals surface area contributed by atoms with Gasteiger partial charge in [0, 0.05) is 11.1 Å². The molecule has 0 spiro atoms. The number of allylic oxidation sites excluding steroid dienone is 2. The van der Waals surface area contributed by atoms with Crippen LogP contribution in [-0.2, 0) is 6.42 Å². The number of carboxylic acids is 1. The van der Waals surface area contributed by atoms with E-state index < -0.39 is 11.8 Å². The van der Waals surface area contributed by atoms with E-state index in [2.05, 4.69) is 13.5 Å². The molecule has 2 aromatic rings. The summed E-state index contributed by atoms with van der Waals surface area (Å²) in [5.74, 6) is -1.55. The molecule has 0 aromatic heterocycles. The molecule has 4 nitrogen and oxygen atoms in total. The molecule has 1 atom stereocenters. The third kappa shape index (κ3) is 5.97. The molecule has 2 N–H and O–H groups in total. The summed E-state index contributed by atoms with van der Waals surface area (Å²) >= 11 is 0. The highest BCUT2D eigenvalue weighted by atomic mass is 19.1. The van der Waals surface area contributed by atoms with Crippen molar-refractivity contribution >= 4 is 11.5 Å². The molecular weight excluding hydrogens is 395 g/mol. The molecule has 0 saturated heterocycles. The molecule has 0 amide bonds. The molecular formula is C26H31FO4. The maximum absolute atomic E-state index is 13.4. The van der Waals surface area contributed by atoms with Gasteiger partial charge in [-0.2, -0.15) is 0 Å². The van der Waals surface area contributed by atoms with E-state index >= 15 is 0 Å². The molecule has 1 unspecified atom stereocenters. The largest absolute Gasteiger partial charge is 0.507 e. The number of hydrogen-bond donors (Lipinski definition) is 2. The van der Waals surface area contributed by atoms with Crippen LogP contribution in [0, 0.1) is 5.82 Å². The lowest BCUT2D eigenvalue weighted by Crippen LogP contribution is -2.17. The molecule has 31 heavy (non-hydrogen) atoms. The highest BCUT2D eigenvalue weighted by Crippen LogP contribution is 2.40. The number of halogens is 1. The standard InChI is InChI=1S/C26H31FO4/c1-6-8-20(7-2)31-23-15-22(17(5)18-10-12-19(27)13-11-18)24(26(29)30)25(28)21(23)14-9-16(3)4/h9-13,15,20,28H,5-8,14H2,1-4H3,(H,29,30). The minimum absolute atomic E-state index is 0.0579. The topological polar surface area (TPSA) is 66.8 Å². The van der Waals surface area contributed by atoms with Gasteiger partial charge >= 0.3 is 5.97 Å². The van der Waals surface area contributed by atoms with Gasteiger partial charge in [-0.1, -0.05) is 50.6 Å². The first-order valence-corrected chi connectivity index (χ1v) is 10.6. The van der Waals surface area contributed by atoms with Crippen LogP contribution in [0.1, 0.15) is 74.0 Å². The Morgan fingerprint density at radius 2 is 1.87 bits per heavy atom. The van der Waals surface area contributed by atoms with Crippen LogP contribution >= 0.6 is 0 Å². The van der Waals surface area contributed by atoms with Gasteiger partial charge in [0.05, 0.1) is 6.10 Å². The van der Waals surface area contributed by atoms with Gasteiger partial charge in [-0.05, 0) is 62.4 Å². The summed E-state index contributed by atoms with van der Waals surface area (Å²) in [6.45, 7) is 12.0. The summed E-state index contributed by atoms with van der Waals surface area (Å²) in [7, 11) is 0. The van der Waals surface area contributed by atoms with Gasteiger partial charge in [0.1, 0.15) is 22.9 Å². The van der Waals surface area contributed by atoms with Crippen LogP contribution in [0.2, 0.25) is 0 Å². The Balaban J connectivity index is 2.70. The zero-order valence-corrected chi connectivity index (χ0v) is 18.7. The maximum atomic E-state index is 13.4. The molecule has 0 heterocycles. The Hall–Kier alpha value is -3.08. The van der Waals surface area contributed by atoms with Crippen LogP contribution in [0.5, 0.6) is 11.5 Å². The Labute approximate surface area is 183 Å². The number of aromatic carboxylic acids is 1. The van der Waals surface area contributed by atoms with E-state index in [1.165, 1.54) is 24.3 Å². The van der Waals surface area contributed by atoms with Crippen molar-refractivity contribution in [1.82, 2.24) is 0 Å². The average Bonchev–Trinajstić information content (AvgIpc) is 2.72. The van der Waals surface area contributed by atoms with E-state index in [1.54, 1.807) is 6.07 Å². The summed E-state index contributed by atoms with van der Waals surface area (Å²) in [6, 6.07) is 7.28. The van der Waals surface area contributed by atoms with E-state index in [9.17, 15) is 19.4 Å². The fraction of sp³-hybridized carbons (Fsp3) is 0.346. The monoisotopic (exact) mass is 426 g/mol. The van der Waals surface area contributed by atoms with Gasteiger partial charge in [-0.15, -0.1) is 0 Å². The molecule has 0 radical (unpaired) electrons. The van der Waals surface area contributed by atoms with Crippen LogP contribution in [0.25, 0.3) is 5.57 Å². The molecule has 166 valence electrons. The van der Waals surface area contributed by atoms with Crippen LogP contribution < -0.4 is 4.74 Å². The molecule has 0 fully saturated rings. The molecule has 0 aliphatic heterocycles. The lowest BCUT2D eigenvalue weighted by atomic mass is 9.91. The molecule has 0 aliphatic rings. The second-order valence-electron chi connectivity index (χ2n) is 7.84. The van der Waals surface area contributed by atoms with Crippen molar-refractivity contribution in [2.45, 2.75) is 59.5 Å². The highest BCUT2D eigenvalue weighted by Gasteiger charge is 2.25. The Bertz CT molecular complexity index is 970. The first-order chi connectivity index (χ1) is 14.7.